The van der Waals surface area contributed by atoms with E-state index in [0.717, 1.165) is 17.8 Å². The monoisotopic (exact) mass is 210 g/mol. The Balaban J connectivity index is 1.98. The topological polar surface area (TPSA) is 26.3 Å². The number of carbonyl (C=O) groups is 1. The molecule has 3 fully saturated rings. The first-order valence-corrected chi connectivity index (χ1v) is 6.06. The molecule has 2 bridgehead atoms. The molecule has 0 aromatic heterocycles. The first-order chi connectivity index (χ1) is 6.93. The summed E-state index contributed by atoms with van der Waals surface area (Å²) in [7, 11) is 0. The zero-order valence-corrected chi connectivity index (χ0v) is 10.2. The third kappa shape index (κ3) is 1.68. The van der Waals surface area contributed by atoms with Crippen LogP contribution in [-0.4, -0.2) is 12.6 Å². The molecule has 0 aromatic carbocycles. The molecule has 1 unspecified atom stereocenters. The number of ether oxygens (including phenoxy) is 1. The number of esters is 1. The molecule has 0 aliphatic heterocycles. The van der Waals surface area contributed by atoms with Gasteiger partial charge in [0.1, 0.15) is 0 Å². The maximum absolute atomic E-state index is 10.8. The van der Waals surface area contributed by atoms with Gasteiger partial charge in [-0.1, -0.05) is 20.8 Å². The fourth-order valence-electron chi connectivity index (χ4n) is 3.98. The van der Waals surface area contributed by atoms with Crippen LogP contribution in [0.5, 0.6) is 0 Å². The maximum Gasteiger partial charge on any atom is 0.302 e. The van der Waals surface area contributed by atoms with Gasteiger partial charge in [-0.05, 0) is 41.9 Å². The lowest BCUT2D eigenvalue weighted by Gasteiger charge is -2.62. The van der Waals surface area contributed by atoms with Crippen LogP contribution in [0.2, 0.25) is 0 Å². The zero-order valence-electron chi connectivity index (χ0n) is 10.2. The van der Waals surface area contributed by atoms with E-state index in [1.165, 1.54) is 19.8 Å². The predicted molar refractivity (Wildman–Crippen MR) is 59.3 cm³/mol. The summed E-state index contributed by atoms with van der Waals surface area (Å²) in [6.07, 6.45) is 2.59. The molecule has 15 heavy (non-hydrogen) atoms. The van der Waals surface area contributed by atoms with E-state index in [-0.39, 0.29) is 5.97 Å². The second-order valence-electron chi connectivity index (χ2n) is 6.05. The average molecular weight is 210 g/mol. The second-order valence-corrected chi connectivity index (χ2v) is 6.05. The lowest BCUT2D eigenvalue weighted by Crippen LogP contribution is -2.56. The van der Waals surface area contributed by atoms with E-state index in [1.807, 2.05) is 0 Å². The lowest BCUT2D eigenvalue weighted by molar-refractivity contribution is -0.164. The number of rotatable bonds is 2. The molecule has 3 aliphatic rings. The van der Waals surface area contributed by atoms with Gasteiger partial charge >= 0.3 is 5.97 Å². The minimum atomic E-state index is -0.137. The Morgan fingerprint density at radius 1 is 1.33 bits per heavy atom. The molecule has 0 aromatic rings. The molecular weight excluding hydrogens is 188 g/mol. The van der Waals surface area contributed by atoms with Crippen molar-refractivity contribution in [2.75, 3.05) is 6.61 Å². The van der Waals surface area contributed by atoms with E-state index in [9.17, 15) is 4.79 Å². The maximum atomic E-state index is 10.8. The molecule has 3 aliphatic carbocycles. The van der Waals surface area contributed by atoms with E-state index in [1.54, 1.807) is 0 Å². The highest BCUT2D eigenvalue weighted by molar-refractivity contribution is 5.65. The van der Waals surface area contributed by atoms with E-state index >= 15 is 0 Å². The molecule has 2 heteroatoms. The minimum Gasteiger partial charge on any atom is -0.466 e. The van der Waals surface area contributed by atoms with Crippen LogP contribution >= 0.6 is 0 Å². The summed E-state index contributed by atoms with van der Waals surface area (Å²) in [4.78, 5) is 10.8. The van der Waals surface area contributed by atoms with Crippen LogP contribution in [0.15, 0.2) is 0 Å². The molecule has 3 rings (SSSR count). The van der Waals surface area contributed by atoms with Gasteiger partial charge in [0.05, 0.1) is 6.61 Å². The summed E-state index contributed by atoms with van der Waals surface area (Å²) in [5, 5.41) is 0. The Hall–Kier alpha value is -0.530. The first-order valence-electron chi connectivity index (χ1n) is 6.06. The fourth-order valence-corrected chi connectivity index (χ4v) is 3.98. The van der Waals surface area contributed by atoms with Crippen molar-refractivity contribution in [3.8, 4) is 0 Å². The number of hydrogen-bond donors (Lipinski definition) is 0. The molecule has 3 saturated carbocycles. The minimum absolute atomic E-state index is 0.137. The Labute approximate surface area is 92.4 Å². The third-order valence-corrected chi connectivity index (χ3v) is 4.85. The number of fused-ring (bicyclic) bond motifs is 2. The summed E-state index contributed by atoms with van der Waals surface area (Å²) < 4.78 is 5.18. The van der Waals surface area contributed by atoms with Crippen molar-refractivity contribution in [1.29, 1.82) is 0 Å². The molecule has 86 valence electrons. The van der Waals surface area contributed by atoms with Crippen LogP contribution < -0.4 is 0 Å². The normalized spacial score (nSPS) is 41.9. The van der Waals surface area contributed by atoms with Crippen LogP contribution in [0.1, 0.15) is 40.5 Å². The van der Waals surface area contributed by atoms with Gasteiger partial charge in [0.2, 0.25) is 0 Å². The van der Waals surface area contributed by atoms with Gasteiger partial charge in [0.25, 0.3) is 0 Å². The SMILES string of the molecule is CC(=O)OCC1C[C@H](C)[C@H]2C[C@@H]1C2(C)C. The predicted octanol–water partition coefficient (Wildman–Crippen LogP) is 2.87. The Kier molecular flexibility index (Phi) is 2.56. The van der Waals surface area contributed by atoms with Crippen LogP contribution in [0, 0.1) is 29.1 Å². The fraction of sp³-hybridized carbons (Fsp3) is 0.923. The van der Waals surface area contributed by atoms with Crippen molar-refractivity contribution in [3.63, 3.8) is 0 Å². The Morgan fingerprint density at radius 3 is 2.47 bits per heavy atom. The van der Waals surface area contributed by atoms with Crippen molar-refractivity contribution in [1.82, 2.24) is 0 Å². The molecule has 4 atom stereocenters. The van der Waals surface area contributed by atoms with Gasteiger partial charge in [0.15, 0.2) is 0 Å². The van der Waals surface area contributed by atoms with Crippen molar-refractivity contribution < 1.29 is 9.53 Å². The molecule has 0 heterocycles. The van der Waals surface area contributed by atoms with Crippen molar-refractivity contribution in [2.45, 2.75) is 40.5 Å². The molecule has 0 radical (unpaired) electrons. The van der Waals surface area contributed by atoms with Crippen LogP contribution in [-0.2, 0) is 9.53 Å². The van der Waals surface area contributed by atoms with Gasteiger partial charge in [0, 0.05) is 6.92 Å². The quantitative estimate of drug-likeness (QED) is 0.655. The first kappa shape index (κ1) is 11.0. The molecule has 2 nitrogen and oxygen atoms in total. The lowest BCUT2D eigenvalue weighted by atomic mass is 9.43. The highest BCUT2D eigenvalue weighted by Gasteiger charge is 2.57. The van der Waals surface area contributed by atoms with Gasteiger partial charge in [-0.3, -0.25) is 4.79 Å². The summed E-state index contributed by atoms with van der Waals surface area (Å²) in [5.41, 5.74) is 0.475. The Bertz CT molecular complexity index is 270. The molecular formula is C13H22O2. The van der Waals surface area contributed by atoms with Crippen molar-refractivity contribution in [3.05, 3.63) is 0 Å². The summed E-state index contributed by atoms with van der Waals surface area (Å²) in [5.74, 6) is 2.94. The summed E-state index contributed by atoms with van der Waals surface area (Å²) >= 11 is 0. The molecule has 0 spiro atoms. The van der Waals surface area contributed by atoms with E-state index < -0.39 is 0 Å². The highest BCUT2D eigenvalue weighted by Crippen LogP contribution is 2.63. The second kappa shape index (κ2) is 3.50. The molecule has 0 saturated heterocycles. The van der Waals surface area contributed by atoms with E-state index in [4.69, 9.17) is 4.74 Å². The van der Waals surface area contributed by atoms with Crippen LogP contribution in [0.3, 0.4) is 0 Å². The summed E-state index contributed by atoms with van der Waals surface area (Å²) in [6, 6.07) is 0. The van der Waals surface area contributed by atoms with Crippen LogP contribution in [0.4, 0.5) is 0 Å². The zero-order chi connectivity index (χ0) is 11.2. The molecule has 0 N–H and O–H groups in total. The van der Waals surface area contributed by atoms with Gasteiger partial charge in [-0.15, -0.1) is 0 Å². The largest absolute Gasteiger partial charge is 0.466 e. The average Bonchev–Trinajstić information content (AvgIpc) is 2.13. The van der Waals surface area contributed by atoms with E-state index in [0.29, 0.717) is 17.9 Å². The van der Waals surface area contributed by atoms with Gasteiger partial charge < -0.3 is 4.74 Å². The number of hydrogen-bond acceptors (Lipinski definition) is 2. The van der Waals surface area contributed by atoms with Crippen molar-refractivity contribution >= 4 is 5.97 Å². The van der Waals surface area contributed by atoms with E-state index in [2.05, 4.69) is 20.8 Å². The van der Waals surface area contributed by atoms with Crippen LogP contribution in [0.25, 0.3) is 0 Å². The highest BCUT2D eigenvalue weighted by atomic mass is 16.5. The summed E-state index contributed by atoms with van der Waals surface area (Å²) in [6.45, 7) is 9.24. The Morgan fingerprint density at radius 2 is 2.00 bits per heavy atom. The molecule has 0 amide bonds. The van der Waals surface area contributed by atoms with Gasteiger partial charge in [-0.25, -0.2) is 0 Å². The van der Waals surface area contributed by atoms with Gasteiger partial charge in [-0.2, -0.15) is 0 Å². The van der Waals surface area contributed by atoms with Crippen molar-refractivity contribution in [2.24, 2.45) is 29.1 Å². The smallest absolute Gasteiger partial charge is 0.302 e. The third-order valence-electron chi connectivity index (χ3n) is 4.85. The standard InChI is InChI=1S/C13H22O2/c1-8-5-10(7-15-9(2)14)12-6-11(8)13(12,3)4/h8,10-12H,5-7H2,1-4H3/t8-,10?,11+,12-/m0/s1. The number of carbonyl (C=O) groups excluding carboxylic acids is 1.